The van der Waals surface area contributed by atoms with Crippen molar-refractivity contribution in [2.75, 3.05) is 5.32 Å². The van der Waals surface area contributed by atoms with Gasteiger partial charge in [-0.15, -0.1) is 0 Å². The van der Waals surface area contributed by atoms with E-state index in [1.165, 1.54) is 31.4 Å². The lowest BCUT2D eigenvalue weighted by Crippen LogP contribution is -2.40. The Labute approximate surface area is 193 Å². The molecule has 4 rings (SSSR count). The van der Waals surface area contributed by atoms with Crippen LogP contribution in [0.3, 0.4) is 0 Å². The number of anilines is 1. The van der Waals surface area contributed by atoms with Crippen LogP contribution in [-0.2, 0) is 21.2 Å². The molecule has 5 nitrogen and oxygen atoms in total. The van der Waals surface area contributed by atoms with Gasteiger partial charge in [-0.1, -0.05) is 35.7 Å². The fourth-order valence-electron chi connectivity index (χ4n) is 5.07. The number of benzene rings is 2. The zero-order chi connectivity index (χ0) is 22.2. The molecule has 0 aromatic heterocycles. The van der Waals surface area contributed by atoms with E-state index in [9.17, 15) is 13.2 Å². The highest BCUT2D eigenvalue weighted by molar-refractivity contribution is 7.89. The third-order valence-electron chi connectivity index (χ3n) is 6.59. The van der Waals surface area contributed by atoms with Crippen molar-refractivity contribution in [3.05, 3.63) is 58.1 Å². The van der Waals surface area contributed by atoms with Gasteiger partial charge in [0.1, 0.15) is 0 Å². The molecular weight excluding hydrogens is 455 g/mol. The normalized spacial score (nSPS) is 23.6. The fraction of sp³-hybridized carbons (Fsp3) is 0.435. The Morgan fingerprint density at radius 1 is 1.10 bits per heavy atom. The van der Waals surface area contributed by atoms with Crippen LogP contribution in [-0.4, -0.2) is 20.4 Å². The summed E-state index contributed by atoms with van der Waals surface area (Å²) in [5.41, 5.74) is 1.19. The van der Waals surface area contributed by atoms with Crippen molar-refractivity contribution in [3.63, 3.8) is 0 Å². The van der Waals surface area contributed by atoms with Crippen LogP contribution in [0.4, 0.5) is 5.69 Å². The van der Waals surface area contributed by atoms with Crippen molar-refractivity contribution in [2.24, 2.45) is 17.8 Å². The first kappa shape index (κ1) is 22.6. The minimum absolute atomic E-state index is 0.0798. The minimum Gasteiger partial charge on any atom is -0.326 e. The summed E-state index contributed by atoms with van der Waals surface area (Å²) < 4.78 is 28.5. The third-order valence-corrected chi connectivity index (χ3v) is 8.75. The lowest BCUT2D eigenvalue weighted by molar-refractivity contribution is -0.115. The number of nitrogens with one attached hydrogen (secondary N) is 2. The molecule has 0 heterocycles. The van der Waals surface area contributed by atoms with Crippen LogP contribution in [0.1, 0.15) is 38.2 Å². The van der Waals surface area contributed by atoms with Gasteiger partial charge in [0.05, 0.1) is 11.3 Å². The van der Waals surface area contributed by atoms with Gasteiger partial charge in [0.2, 0.25) is 15.9 Å². The topological polar surface area (TPSA) is 75.3 Å². The Morgan fingerprint density at radius 3 is 2.45 bits per heavy atom. The summed E-state index contributed by atoms with van der Waals surface area (Å²) in [4.78, 5) is 12.5. The van der Waals surface area contributed by atoms with Gasteiger partial charge in [-0.3, -0.25) is 4.79 Å². The van der Waals surface area contributed by atoms with Crippen molar-refractivity contribution in [2.45, 2.75) is 50.0 Å². The number of amides is 1. The van der Waals surface area contributed by atoms with Crippen molar-refractivity contribution in [1.82, 2.24) is 4.72 Å². The van der Waals surface area contributed by atoms with Crippen LogP contribution in [0, 0.1) is 17.8 Å². The number of carbonyl (C=O) groups excluding carboxylic acids is 1. The predicted molar refractivity (Wildman–Crippen MR) is 124 cm³/mol. The van der Waals surface area contributed by atoms with E-state index in [0.29, 0.717) is 33.1 Å². The Kier molecular flexibility index (Phi) is 6.63. The van der Waals surface area contributed by atoms with E-state index < -0.39 is 10.0 Å². The molecule has 0 aliphatic heterocycles. The standard InChI is InChI=1S/C23H26Cl2N2O3S/c1-14(21-11-15-2-3-16(21)10-15)27-31(29,30)20-8-6-19(7-9-20)26-23(28)12-17-4-5-18(24)13-22(17)25/h4-9,13-16,21,27H,2-3,10-12H2,1H3,(H,26,28)/t14-,15+,16+,21+/m0/s1. The fourth-order valence-corrected chi connectivity index (χ4v) is 6.84. The first-order valence-electron chi connectivity index (χ1n) is 10.6. The number of fused-ring (bicyclic) bond motifs is 2. The molecule has 2 N–H and O–H groups in total. The first-order chi connectivity index (χ1) is 14.7. The van der Waals surface area contributed by atoms with Gasteiger partial charge in [-0.05, 0) is 85.9 Å². The summed E-state index contributed by atoms with van der Waals surface area (Å²) in [7, 11) is -3.61. The lowest BCUT2D eigenvalue weighted by Gasteiger charge is -2.28. The van der Waals surface area contributed by atoms with Gasteiger partial charge in [-0.25, -0.2) is 13.1 Å². The average Bonchev–Trinajstić information content (AvgIpc) is 3.34. The van der Waals surface area contributed by atoms with Gasteiger partial charge in [-0.2, -0.15) is 0 Å². The Bertz CT molecular complexity index is 1070. The molecule has 0 saturated heterocycles. The summed E-state index contributed by atoms with van der Waals surface area (Å²) in [6.45, 7) is 1.97. The molecule has 0 radical (unpaired) electrons. The van der Waals surface area contributed by atoms with Gasteiger partial charge in [0, 0.05) is 21.8 Å². The summed E-state index contributed by atoms with van der Waals surface area (Å²) in [5, 5.41) is 3.71. The monoisotopic (exact) mass is 480 g/mol. The number of rotatable bonds is 7. The number of carbonyl (C=O) groups is 1. The average molecular weight is 481 g/mol. The van der Waals surface area contributed by atoms with Crippen molar-refractivity contribution >= 4 is 44.8 Å². The van der Waals surface area contributed by atoms with E-state index in [4.69, 9.17) is 23.2 Å². The van der Waals surface area contributed by atoms with Crippen molar-refractivity contribution in [1.29, 1.82) is 0 Å². The zero-order valence-corrected chi connectivity index (χ0v) is 19.6. The molecule has 1 amide bonds. The SMILES string of the molecule is C[C@H](NS(=O)(=O)c1ccc(NC(=O)Cc2ccc(Cl)cc2Cl)cc1)[C@H]1C[C@@H]2CC[C@@H]1C2. The second-order valence-corrected chi connectivity index (χ2v) is 11.3. The van der Waals surface area contributed by atoms with Crippen molar-refractivity contribution in [3.8, 4) is 0 Å². The highest BCUT2D eigenvalue weighted by Gasteiger charge is 2.42. The Hall–Kier alpha value is -1.60. The van der Waals surface area contributed by atoms with E-state index in [2.05, 4.69) is 10.0 Å². The largest absolute Gasteiger partial charge is 0.326 e. The summed E-state index contributed by atoms with van der Waals surface area (Å²) in [6, 6.07) is 11.1. The summed E-state index contributed by atoms with van der Waals surface area (Å²) in [5.74, 6) is 1.59. The molecule has 2 aliphatic rings. The minimum atomic E-state index is -3.61. The molecule has 31 heavy (non-hydrogen) atoms. The maximum atomic E-state index is 12.8. The molecule has 0 unspecified atom stereocenters. The molecular formula is C23H26Cl2N2O3S. The second-order valence-electron chi connectivity index (χ2n) is 8.73. The van der Waals surface area contributed by atoms with Crippen LogP contribution in [0.2, 0.25) is 10.0 Å². The van der Waals surface area contributed by atoms with E-state index in [0.717, 1.165) is 12.3 Å². The number of sulfonamides is 1. The Balaban J connectivity index is 1.36. The quantitative estimate of drug-likeness (QED) is 0.565. The third kappa shape index (κ3) is 5.25. The summed E-state index contributed by atoms with van der Waals surface area (Å²) >= 11 is 12.0. The van der Waals surface area contributed by atoms with Crippen LogP contribution < -0.4 is 10.0 Å². The van der Waals surface area contributed by atoms with E-state index in [1.54, 1.807) is 30.3 Å². The number of hydrogen-bond donors (Lipinski definition) is 2. The van der Waals surface area contributed by atoms with Crippen LogP contribution in [0.5, 0.6) is 0 Å². The van der Waals surface area contributed by atoms with Gasteiger partial charge >= 0.3 is 0 Å². The first-order valence-corrected chi connectivity index (χ1v) is 12.8. The van der Waals surface area contributed by atoms with Crippen LogP contribution >= 0.6 is 23.2 Å². The molecule has 2 aliphatic carbocycles. The van der Waals surface area contributed by atoms with Gasteiger partial charge in [0.25, 0.3) is 0 Å². The van der Waals surface area contributed by atoms with E-state index in [1.807, 2.05) is 6.92 Å². The number of hydrogen-bond acceptors (Lipinski definition) is 3. The highest BCUT2D eigenvalue weighted by Crippen LogP contribution is 2.49. The zero-order valence-electron chi connectivity index (χ0n) is 17.3. The second kappa shape index (κ2) is 9.10. The smallest absolute Gasteiger partial charge is 0.240 e. The molecule has 166 valence electrons. The molecule has 0 spiro atoms. The highest BCUT2D eigenvalue weighted by atomic mass is 35.5. The molecule has 2 bridgehead atoms. The molecule has 8 heteroatoms. The van der Waals surface area contributed by atoms with Crippen LogP contribution in [0.15, 0.2) is 47.4 Å². The Morgan fingerprint density at radius 2 is 1.84 bits per heavy atom. The molecule has 2 aromatic carbocycles. The molecule has 2 aromatic rings. The van der Waals surface area contributed by atoms with Gasteiger partial charge in [0.15, 0.2) is 0 Å². The predicted octanol–water partition coefficient (Wildman–Crippen LogP) is 5.28. The molecule has 4 atom stereocenters. The maximum absolute atomic E-state index is 12.8. The lowest BCUT2D eigenvalue weighted by atomic mass is 9.84. The van der Waals surface area contributed by atoms with E-state index >= 15 is 0 Å². The molecule has 2 saturated carbocycles. The summed E-state index contributed by atoms with van der Waals surface area (Å²) in [6.07, 6.45) is 4.97. The number of halogens is 2. The maximum Gasteiger partial charge on any atom is 0.240 e. The van der Waals surface area contributed by atoms with E-state index in [-0.39, 0.29) is 23.3 Å². The molecule has 2 fully saturated rings. The van der Waals surface area contributed by atoms with Crippen molar-refractivity contribution < 1.29 is 13.2 Å². The van der Waals surface area contributed by atoms with Gasteiger partial charge < -0.3 is 5.32 Å². The van der Waals surface area contributed by atoms with Crippen LogP contribution in [0.25, 0.3) is 0 Å².